The Morgan fingerprint density at radius 2 is 1.37 bits per heavy atom. The van der Waals surface area contributed by atoms with Gasteiger partial charge in [0.05, 0.1) is 12.7 Å². The number of methoxy groups -OCH3 is 1. The van der Waals surface area contributed by atoms with Gasteiger partial charge in [0.25, 0.3) is 0 Å². The summed E-state index contributed by atoms with van der Waals surface area (Å²) in [7, 11) is 1.44. The van der Waals surface area contributed by atoms with Crippen molar-refractivity contribution in [1.82, 2.24) is 0 Å². The molecule has 0 unspecified atom stereocenters. The highest BCUT2D eigenvalue weighted by Crippen LogP contribution is 2.32. The quantitative estimate of drug-likeness (QED) is 0.131. The van der Waals surface area contributed by atoms with Gasteiger partial charge in [0.15, 0.2) is 29.7 Å². The molecule has 0 aliphatic heterocycles. The lowest BCUT2D eigenvalue weighted by atomic mass is 10.0. The molecule has 5 rings (SSSR count). The Balaban J connectivity index is 1.23. The van der Waals surface area contributed by atoms with E-state index in [2.05, 4.69) is 24.3 Å². The minimum absolute atomic E-state index is 0.0831. The third-order valence-corrected chi connectivity index (χ3v) is 6.22. The molecule has 0 radical (unpaired) electrons. The molecule has 188 valence electrons. The smallest absolute Gasteiger partial charge is 0.349 e. The summed E-state index contributed by atoms with van der Waals surface area (Å²) in [5.41, 5.74) is 4.78. The van der Waals surface area contributed by atoms with Gasteiger partial charge in [0.2, 0.25) is 0 Å². The van der Waals surface area contributed by atoms with Crippen molar-refractivity contribution in [3.8, 4) is 28.4 Å². The standard InChI is InChI=1S/C32H24O6/c1-20-7-10-22(11-8-20)23-12-14-24(15-13-23)37-19-30(33)38-28-16-9-21(18-29(28)36-2)17-27-31(34)25-5-3-4-6-26(25)32(27)35/h3-18H,19H2,1-2H3. The average Bonchev–Trinajstić information content (AvgIpc) is 3.18. The van der Waals surface area contributed by atoms with Crippen molar-refractivity contribution >= 4 is 23.6 Å². The van der Waals surface area contributed by atoms with Gasteiger partial charge >= 0.3 is 5.97 Å². The van der Waals surface area contributed by atoms with Gasteiger partial charge in [-0.1, -0.05) is 72.3 Å². The fraction of sp³-hybridized carbons (Fsp3) is 0.0938. The molecule has 4 aromatic carbocycles. The lowest BCUT2D eigenvalue weighted by Crippen LogP contribution is -2.18. The van der Waals surface area contributed by atoms with Crippen molar-refractivity contribution in [3.63, 3.8) is 0 Å². The molecule has 4 aromatic rings. The van der Waals surface area contributed by atoms with Crippen LogP contribution in [0.3, 0.4) is 0 Å². The number of hydrogen-bond donors (Lipinski definition) is 0. The molecule has 38 heavy (non-hydrogen) atoms. The first kappa shape index (κ1) is 24.7. The second-order valence-corrected chi connectivity index (χ2v) is 8.83. The Kier molecular flexibility index (Phi) is 6.87. The van der Waals surface area contributed by atoms with E-state index in [9.17, 15) is 14.4 Å². The van der Waals surface area contributed by atoms with Gasteiger partial charge in [-0.2, -0.15) is 0 Å². The van der Waals surface area contributed by atoms with Gasteiger partial charge in [0.1, 0.15) is 5.75 Å². The van der Waals surface area contributed by atoms with Crippen molar-refractivity contribution in [2.24, 2.45) is 0 Å². The van der Waals surface area contributed by atoms with Crippen molar-refractivity contribution < 1.29 is 28.6 Å². The maximum absolute atomic E-state index is 12.7. The summed E-state index contributed by atoms with van der Waals surface area (Å²) in [4.78, 5) is 37.8. The molecule has 0 heterocycles. The third-order valence-electron chi connectivity index (χ3n) is 6.22. The highest BCUT2D eigenvalue weighted by atomic mass is 16.6. The largest absolute Gasteiger partial charge is 0.493 e. The van der Waals surface area contributed by atoms with Crippen LogP contribution in [-0.2, 0) is 4.79 Å². The van der Waals surface area contributed by atoms with Gasteiger partial charge in [-0.3, -0.25) is 9.59 Å². The number of Topliss-reactive ketones (excluding diaryl/α,β-unsaturated/α-hetero) is 2. The molecule has 0 saturated heterocycles. The molecule has 0 aromatic heterocycles. The molecule has 6 nitrogen and oxygen atoms in total. The number of hydrogen-bond acceptors (Lipinski definition) is 6. The van der Waals surface area contributed by atoms with Gasteiger partial charge in [0, 0.05) is 11.1 Å². The summed E-state index contributed by atoms with van der Waals surface area (Å²) >= 11 is 0. The first-order chi connectivity index (χ1) is 18.4. The predicted octanol–water partition coefficient (Wildman–Crippen LogP) is 6.12. The van der Waals surface area contributed by atoms with E-state index in [1.807, 2.05) is 19.1 Å². The minimum Gasteiger partial charge on any atom is -0.493 e. The zero-order valence-corrected chi connectivity index (χ0v) is 20.9. The van der Waals surface area contributed by atoms with E-state index >= 15 is 0 Å². The van der Waals surface area contributed by atoms with E-state index in [0.29, 0.717) is 22.4 Å². The summed E-state index contributed by atoms with van der Waals surface area (Å²) in [6.07, 6.45) is 1.52. The molecule has 0 atom stereocenters. The number of aryl methyl sites for hydroxylation is 1. The number of allylic oxidation sites excluding steroid dienone is 1. The summed E-state index contributed by atoms with van der Waals surface area (Å²) in [5.74, 6) is -0.212. The molecule has 0 spiro atoms. The molecule has 0 amide bonds. The second kappa shape index (κ2) is 10.6. The van der Waals surface area contributed by atoms with Crippen LogP contribution in [0.5, 0.6) is 17.2 Å². The van der Waals surface area contributed by atoms with E-state index in [4.69, 9.17) is 14.2 Å². The van der Waals surface area contributed by atoms with E-state index < -0.39 is 5.97 Å². The number of ether oxygens (including phenoxy) is 3. The van der Waals surface area contributed by atoms with Crippen LogP contribution in [0.1, 0.15) is 31.8 Å². The lowest BCUT2D eigenvalue weighted by molar-refractivity contribution is -0.136. The van der Waals surface area contributed by atoms with Crippen LogP contribution in [0, 0.1) is 6.92 Å². The Morgan fingerprint density at radius 3 is 1.97 bits per heavy atom. The first-order valence-electron chi connectivity index (χ1n) is 12.0. The Hall–Kier alpha value is -4.97. The number of fused-ring (bicyclic) bond motifs is 1. The molecule has 6 heteroatoms. The van der Waals surface area contributed by atoms with Crippen LogP contribution in [0.2, 0.25) is 0 Å². The summed E-state index contributed by atoms with van der Waals surface area (Å²) < 4.78 is 16.4. The first-order valence-corrected chi connectivity index (χ1v) is 12.0. The van der Waals surface area contributed by atoms with E-state index in [0.717, 1.165) is 11.1 Å². The number of carbonyl (C=O) groups is 3. The van der Waals surface area contributed by atoms with Gasteiger partial charge < -0.3 is 14.2 Å². The average molecular weight is 505 g/mol. The van der Waals surface area contributed by atoms with Crippen molar-refractivity contribution in [3.05, 3.63) is 119 Å². The molecule has 1 aliphatic rings. The fourth-order valence-electron chi connectivity index (χ4n) is 4.21. The maximum atomic E-state index is 12.7. The Bertz CT molecular complexity index is 1530. The van der Waals surface area contributed by atoms with Crippen LogP contribution in [0.15, 0.2) is 96.6 Å². The number of carbonyl (C=O) groups excluding carboxylic acids is 3. The fourth-order valence-corrected chi connectivity index (χ4v) is 4.21. The molecular weight excluding hydrogens is 480 g/mol. The molecular formula is C32H24O6. The molecule has 0 N–H and O–H groups in total. The second-order valence-electron chi connectivity index (χ2n) is 8.83. The zero-order valence-electron chi connectivity index (χ0n) is 20.9. The normalized spacial score (nSPS) is 12.2. The topological polar surface area (TPSA) is 78.9 Å². The maximum Gasteiger partial charge on any atom is 0.349 e. The van der Waals surface area contributed by atoms with Crippen molar-refractivity contribution in [2.75, 3.05) is 13.7 Å². The Labute approximate surface area is 220 Å². The Morgan fingerprint density at radius 1 is 0.763 bits per heavy atom. The molecule has 1 aliphatic carbocycles. The van der Waals surface area contributed by atoms with E-state index in [1.165, 1.54) is 18.7 Å². The van der Waals surface area contributed by atoms with Crippen LogP contribution < -0.4 is 14.2 Å². The summed E-state index contributed by atoms with van der Waals surface area (Å²) in [6.45, 7) is 1.75. The number of esters is 1. The molecule has 0 saturated carbocycles. The van der Waals surface area contributed by atoms with Crippen molar-refractivity contribution in [2.45, 2.75) is 6.92 Å². The number of rotatable bonds is 7. The van der Waals surface area contributed by atoms with Crippen LogP contribution >= 0.6 is 0 Å². The minimum atomic E-state index is -0.603. The highest BCUT2D eigenvalue weighted by molar-refractivity contribution is 6.41. The molecule has 0 bridgehead atoms. The summed E-state index contributed by atoms with van der Waals surface area (Å²) in [5, 5.41) is 0. The number of ketones is 2. The van der Waals surface area contributed by atoms with E-state index in [1.54, 1.807) is 54.6 Å². The summed E-state index contributed by atoms with van der Waals surface area (Å²) in [6, 6.07) is 27.2. The van der Waals surface area contributed by atoms with Crippen molar-refractivity contribution in [1.29, 1.82) is 0 Å². The van der Waals surface area contributed by atoms with E-state index in [-0.39, 0.29) is 35.2 Å². The van der Waals surface area contributed by atoms with Gasteiger partial charge in [-0.05, 0) is 54.0 Å². The van der Waals surface area contributed by atoms with Crippen LogP contribution in [-0.4, -0.2) is 31.3 Å². The third kappa shape index (κ3) is 5.11. The zero-order chi connectivity index (χ0) is 26.6. The number of benzene rings is 4. The predicted molar refractivity (Wildman–Crippen MR) is 144 cm³/mol. The lowest BCUT2D eigenvalue weighted by Gasteiger charge is -2.11. The van der Waals surface area contributed by atoms with Crippen LogP contribution in [0.4, 0.5) is 0 Å². The van der Waals surface area contributed by atoms with Gasteiger partial charge in [-0.25, -0.2) is 4.79 Å². The SMILES string of the molecule is COc1cc(C=C2C(=O)c3ccccc3C2=O)ccc1OC(=O)COc1ccc(-c2ccc(C)cc2)cc1. The highest BCUT2D eigenvalue weighted by Gasteiger charge is 2.32. The van der Waals surface area contributed by atoms with Crippen LogP contribution in [0.25, 0.3) is 17.2 Å². The monoisotopic (exact) mass is 504 g/mol. The van der Waals surface area contributed by atoms with Gasteiger partial charge in [-0.15, -0.1) is 0 Å². The molecule has 0 fully saturated rings.